The number of hydrogen-bond acceptors (Lipinski definition) is 2. The minimum absolute atomic E-state index is 0.267. The Kier molecular flexibility index (Phi) is 3.85. The van der Waals surface area contributed by atoms with E-state index in [2.05, 4.69) is 4.98 Å². The Morgan fingerprint density at radius 1 is 1.16 bits per heavy atom. The summed E-state index contributed by atoms with van der Waals surface area (Å²) in [6.07, 6.45) is 3.90. The zero-order valence-corrected chi connectivity index (χ0v) is 10.9. The van der Waals surface area contributed by atoms with Gasteiger partial charge in [-0.05, 0) is 55.3 Å². The summed E-state index contributed by atoms with van der Waals surface area (Å²) in [5.41, 5.74) is 4.46. The van der Waals surface area contributed by atoms with Gasteiger partial charge in [0.15, 0.2) is 0 Å². The highest BCUT2D eigenvalue weighted by atomic mass is 19.1. The second-order valence-corrected chi connectivity index (χ2v) is 4.31. The molecular weight excluding hydrogens is 241 g/mol. The van der Waals surface area contributed by atoms with E-state index >= 15 is 0 Å². The van der Waals surface area contributed by atoms with Crippen molar-refractivity contribution in [3.8, 4) is 11.1 Å². The SMILES string of the molecule is Cc1cc(-c2ccc(F)cc2)c(/C=C/C=O)c(C)n1. The Morgan fingerprint density at radius 2 is 1.84 bits per heavy atom. The Hall–Kier alpha value is -2.29. The highest BCUT2D eigenvalue weighted by Gasteiger charge is 2.08. The Labute approximate surface area is 111 Å². The van der Waals surface area contributed by atoms with Crippen molar-refractivity contribution in [3.05, 3.63) is 59.2 Å². The maximum absolute atomic E-state index is 13.0. The molecule has 0 aliphatic heterocycles. The van der Waals surface area contributed by atoms with Gasteiger partial charge in [-0.2, -0.15) is 0 Å². The Morgan fingerprint density at radius 3 is 2.47 bits per heavy atom. The molecule has 0 spiro atoms. The minimum Gasteiger partial charge on any atom is -0.299 e. The van der Waals surface area contributed by atoms with Crippen LogP contribution in [0.15, 0.2) is 36.4 Å². The molecule has 0 fully saturated rings. The number of hydrogen-bond donors (Lipinski definition) is 0. The molecule has 19 heavy (non-hydrogen) atoms. The van der Waals surface area contributed by atoms with Crippen LogP contribution in [0, 0.1) is 19.7 Å². The number of nitrogens with zero attached hydrogens (tertiary/aromatic N) is 1. The second kappa shape index (κ2) is 5.57. The van der Waals surface area contributed by atoms with E-state index in [1.807, 2.05) is 19.9 Å². The predicted octanol–water partition coefficient (Wildman–Crippen LogP) is 3.72. The molecule has 0 atom stereocenters. The summed E-state index contributed by atoms with van der Waals surface area (Å²) in [5.74, 6) is -0.267. The van der Waals surface area contributed by atoms with Crippen LogP contribution in [0.5, 0.6) is 0 Å². The van der Waals surface area contributed by atoms with Crippen molar-refractivity contribution in [2.24, 2.45) is 0 Å². The van der Waals surface area contributed by atoms with E-state index < -0.39 is 0 Å². The molecule has 3 heteroatoms. The van der Waals surface area contributed by atoms with Crippen LogP contribution >= 0.6 is 0 Å². The highest BCUT2D eigenvalue weighted by molar-refractivity contribution is 5.82. The van der Waals surface area contributed by atoms with Crippen molar-refractivity contribution in [1.29, 1.82) is 0 Å². The Bertz CT molecular complexity index is 630. The normalized spacial score (nSPS) is 10.9. The van der Waals surface area contributed by atoms with Crippen LogP contribution in [-0.4, -0.2) is 11.3 Å². The summed E-state index contributed by atoms with van der Waals surface area (Å²) in [6.45, 7) is 3.80. The largest absolute Gasteiger partial charge is 0.299 e. The van der Waals surface area contributed by atoms with Crippen molar-refractivity contribution in [3.63, 3.8) is 0 Å². The molecule has 0 saturated carbocycles. The zero-order chi connectivity index (χ0) is 13.8. The maximum atomic E-state index is 13.0. The Balaban J connectivity index is 2.63. The molecule has 0 amide bonds. The van der Waals surface area contributed by atoms with Gasteiger partial charge < -0.3 is 0 Å². The van der Waals surface area contributed by atoms with Crippen LogP contribution in [0.2, 0.25) is 0 Å². The van der Waals surface area contributed by atoms with Crippen molar-refractivity contribution in [2.75, 3.05) is 0 Å². The first-order valence-electron chi connectivity index (χ1n) is 5.98. The fourth-order valence-corrected chi connectivity index (χ4v) is 2.05. The van der Waals surface area contributed by atoms with Gasteiger partial charge in [-0.15, -0.1) is 0 Å². The lowest BCUT2D eigenvalue weighted by atomic mass is 9.98. The molecule has 96 valence electrons. The molecule has 2 aromatic rings. The van der Waals surface area contributed by atoms with E-state index in [4.69, 9.17) is 0 Å². The van der Waals surface area contributed by atoms with Crippen LogP contribution in [0.1, 0.15) is 17.0 Å². The quantitative estimate of drug-likeness (QED) is 0.618. The molecule has 0 aliphatic rings. The molecule has 0 unspecified atom stereocenters. The summed E-state index contributed by atoms with van der Waals surface area (Å²) < 4.78 is 13.0. The number of aromatic nitrogens is 1. The lowest BCUT2D eigenvalue weighted by molar-refractivity contribution is -0.104. The first kappa shape index (κ1) is 13.1. The number of pyridine rings is 1. The van der Waals surface area contributed by atoms with Crippen molar-refractivity contribution < 1.29 is 9.18 Å². The summed E-state index contributed by atoms with van der Waals surface area (Å²) >= 11 is 0. The summed E-state index contributed by atoms with van der Waals surface area (Å²) in [7, 11) is 0. The van der Waals surface area contributed by atoms with E-state index in [9.17, 15) is 9.18 Å². The lowest BCUT2D eigenvalue weighted by Crippen LogP contribution is -1.94. The number of aryl methyl sites for hydroxylation is 2. The number of carbonyl (C=O) groups is 1. The van der Waals surface area contributed by atoms with Gasteiger partial charge in [0, 0.05) is 17.0 Å². The summed E-state index contributed by atoms with van der Waals surface area (Å²) in [4.78, 5) is 14.9. The molecule has 1 heterocycles. The van der Waals surface area contributed by atoms with Crippen molar-refractivity contribution >= 4 is 12.4 Å². The van der Waals surface area contributed by atoms with Gasteiger partial charge in [0.2, 0.25) is 0 Å². The van der Waals surface area contributed by atoms with Gasteiger partial charge >= 0.3 is 0 Å². The molecular formula is C16H14FNO. The monoisotopic (exact) mass is 255 g/mol. The maximum Gasteiger partial charge on any atom is 0.142 e. The fraction of sp³-hybridized carbons (Fsp3) is 0.125. The van der Waals surface area contributed by atoms with Gasteiger partial charge in [-0.1, -0.05) is 12.1 Å². The number of benzene rings is 1. The standard InChI is InChI=1S/C16H14FNO/c1-11-10-16(13-5-7-14(17)8-6-13)15(4-3-9-19)12(2)18-11/h3-10H,1-2H3/b4-3+. The third kappa shape index (κ3) is 2.94. The van der Waals surface area contributed by atoms with Crippen LogP contribution in [0.4, 0.5) is 4.39 Å². The molecule has 1 aromatic heterocycles. The number of allylic oxidation sites excluding steroid dienone is 1. The van der Waals surface area contributed by atoms with Gasteiger partial charge in [-0.25, -0.2) is 4.39 Å². The molecule has 0 aliphatic carbocycles. The molecule has 0 saturated heterocycles. The van der Waals surface area contributed by atoms with Gasteiger partial charge in [0.05, 0.1) is 0 Å². The predicted molar refractivity (Wildman–Crippen MR) is 74.2 cm³/mol. The third-order valence-corrected chi connectivity index (χ3v) is 2.87. The van der Waals surface area contributed by atoms with Gasteiger partial charge in [0.1, 0.15) is 12.1 Å². The highest BCUT2D eigenvalue weighted by Crippen LogP contribution is 2.27. The third-order valence-electron chi connectivity index (χ3n) is 2.87. The lowest BCUT2D eigenvalue weighted by Gasteiger charge is -2.10. The number of aldehydes is 1. The van der Waals surface area contributed by atoms with Gasteiger partial charge in [0.25, 0.3) is 0 Å². The number of halogens is 1. The van der Waals surface area contributed by atoms with Crippen LogP contribution in [-0.2, 0) is 4.79 Å². The van der Waals surface area contributed by atoms with E-state index in [0.717, 1.165) is 34.4 Å². The van der Waals surface area contributed by atoms with E-state index in [1.165, 1.54) is 18.2 Å². The van der Waals surface area contributed by atoms with E-state index in [1.54, 1.807) is 18.2 Å². The van der Waals surface area contributed by atoms with Crippen molar-refractivity contribution in [1.82, 2.24) is 4.98 Å². The molecule has 0 bridgehead atoms. The molecule has 2 rings (SSSR count). The number of rotatable bonds is 3. The van der Waals surface area contributed by atoms with Crippen LogP contribution < -0.4 is 0 Å². The van der Waals surface area contributed by atoms with E-state index in [0.29, 0.717) is 0 Å². The summed E-state index contributed by atoms with van der Waals surface area (Å²) in [5, 5.41) is 0. The second-order valence-electron chi connectivity index (χ2n) is 4.31. The van der Waals surface area contributed by atoms with Crippen LogP contribution in [0.3, 0.4) is 0 Å². The minimum atomic E-state index is -0.267. The van der Waals surface area contributed by atoms with E-state index in [-0.39, 0.29) is 5.82 Å². The zero-order valence-electron chi connectivity index (χ0n) is 10.9. The average Bonchev–Trinajstić information content (AvgIpc) is 2.38. The fourth-order valence-electron chi connectivity index (χ4n) is 2.05. The molecule has 2 nitrogen and oxygen atoms in total. The molecule has 0 radical (unpaired) electrons. The first-order chi connectivity index (χ1) is 9.11. The molecule has 0 N–H and O–H groups in total. The average molecular weight is 255 g/mol. The topological polar surface area (TPSA) is 30.0 Å². The summed E-state index contributed by atoms with van der Waals surface area (Å²) in [6, 6.07) is 8.23. The first-order valence-corrected chi connectivity index (χ1v) is 5.98. The molecule has 1 aromatic carbocycles. The van der Waals surface area contributed by atoms with Gasteiger partial charge in [-0.3, -0.25) is 9.78 Å². The van der Waals surface area contributed by atoms with Crippen LogP contribution in [0.25, 0.3) is 17.2 Å². The number of carbonyl (C=O) groups excluding carboxylic acids is 1. The smallest absolute Gasteiger partial charge is 0.142 e. The van der Waals surface area contributed by atoms with Crippen molar-refractivity contribution in [2.45, 2.75) is 13.8 Å².